The third kappa shape index (κ3) is 3.25. The number of rotatable bonds is 3. The molecule has 1 N–H and O–H groups in total. The molecule has 0 unspecified atom stereocenters. The van der Waals surface area contributed by atoms with Crippen molar-refractivity contribution in [3.63, 3.8) is 0 Å². The molecule has 6 nitrogen and oxygen atoms in total. The van der Waals surface area contributed by atoms with Gasteiger partial charge in [0.1, 0.15) is 11.6 Å². The van der Waals surface area contributed by atoms with Crippen LogP contribution in [0.2, 0.25) is 0 Å². The summed E-state index contributed by atoms with van der Waals surface area (Å²) in [6.07, 6.45) is 0.366. The minimum absolute atomic E-state index is 0.0375. The molecule has 30 heavy (non-hydrogen) atoms. The number of halogens is 2. The number of aryl methyl sites for hydroxylation is 1. The van der Waals surface area contributed by atoms with Gasteiger partial charge in [-0.3, -0.25) is 4.79 Å². The molecule has 3 heterocycles. The number of fused-ring (bicyclic) bond motifs is 2. The molecule has 0 saturated carbocycles. The van der Waals surface area contributed by atoms with E-state index in [4.69, 9.17) is 14.8 Å². The van der Waals surface area contributed by atoms with E-state index in [-0.39, 0.29) is 11.8 Å². The molecule has 1 atom stereocenters. The zero-order valence-electron chi connectivity index (χ0n) is 16.1. The van der Waals surface area contributed by atoms with Crippen LogP contribution in [0.3, 0.4) is 0 Å². The van der Waals surface area contributed by atoms with Crippen molar-refractivity contribution in [3.8, 4) is 10.9 Å². The Kier molecular flexibility index (Phi) is 4.91. The van der Waals surface area contributed by atoms with Crippen molar-refractivity contribution >= 4 is 65.1 Å². The molecule has 0 aliphatic carbocycles. The van der Waals surface area contributed by atoms with Crippen molar-refractivity contribution in [2.45, 2.75) is 19.3 Å². The Balaban J connectivity index is 1.65. The highest BCUT2D eigenvalue weighted by Gasteiger charge is 2.33. The van der Waals surface area contributed by atoms with Gasteiger partial charge in [0.25, 0.3) is 0 Å². The van der Waals surface area contributed by atoms with Gasteiger partial charge in [-0.1, -0.05) is 33.3 Å². The van der Waals surface area contributed by atoms with Gasteiger partial charge in [0.05, 0.1) is 27.5 Å². The van der Waals surface area contributed by atoms with Gasteiger partial charge >= 0.3 is 0 Å². The second kappa shape index (κ2) is 7.47. The molecule has 1 amide bonds. The maximum Gasteiger partial charge on any atom is 0.226 e. The predicted octanol–water partition coefficient (Wildman–Crippen LogP) is 5.80. The number of hydrogen-bond acceptors (Lipinski definition) is 5. The maximum absolute atomic E-state index is 12.6. The van der Waals surface area contributed by atoms with E-state index in [1.54, 1.807) is 23.1 Å². The Bertz CT molecular complexity index is 1310. The van der Waals surface area contributed by atoms with Crippen LogP contribution in [0.4, 0.5) is 5.82 Å². The summed E-state index contributed by atoms with van der Waals surface area (Å²) in [7, 11) is 1.64. The van der Waals surface area contributed by atoms with Gasteiger partial charge in [-0.05, 0) is 58.7 Å². The highest BCUT2D eigenvalue weighted by Crippen LogP contribution is 2.42. The van der Waals surface area contributed by atoms with E-state index in [1.165, 1.54) is 0 Å². The SMILES string of the molecule is COc1ccc([C@H]2CC(=O)Nc3c2c(C)nn3-c2nc3ccc(Br)cc3s2)cc1Br. The first-order valence-corrected chi connectivity index (χ1v) is 11.6. The van der Waals surface area contributed by atoms with E-state index in [0.29, 0.717) is 12.2 Å². The van der Waals surface area contributed by atoms with Crippen LogP contribution in [0.15, 0.2) is 45.3 Å². The highest BCUT2D eigenvalue weighted by molar-refractivity contribution is 9.10. The minimum Gasteiger partial charge on any atom is -0.496 e. The number of aromatic nitrogens is 3. The quantitative estimate of drug-likeness (QED) is 0.352. The number of methoxy groups -OCH3 is 1. The van der Waals surface area contributed by atoms with Crippen LogP contribution in [0.25, 0.3) is 15.3 Å². The van der Waals surface area contributed by atoms with Crippen molar-refractivity contribution in [1.29, 1.82) is 0 Å². The Morgan fingerprint density at radius 3 is 2.83 bits per heavy atom. The number of ether oxygens (including phenoxy) is 1. The first-order valence-electron chi connectivity index (χ1n) is 9.24. The van der Waals surface area contributed by atoms with Crippen molar-refractivity contribution in [3.05, 3.63) is 62.2 Å². The maximum atomic E-state index is 12.6. The number of nitrogens with one attached hydrogen (secondary N) is 1. The zero-order valence-corrected chi connectivity index (χ0v) is 20.1. The average Bonchev–Trinajstić information content (AvgIpc) is 3.27. The van der Waals surface area contributed by atoms with Crippen LogP contribution in [-0.2, 0) is 4.79 Å². The lowest BCUT2D eigenvalue weighted by molar-refractivity contribution is -0.116. The average molecular weight is 548 g/mol. The van der Waals surface area contributed by atoms with Crippen LogP contribution >= 0.6 is 43.2 Å². The minimum atomic E-state index is -0.0896. The highest BCUT2D eigenvalue weighted by atomic mass is 79.9. The Labute approximate surface area is 193 Å². The first kappa shape index (κ1) is 19.7. The predicted molar refractivity (Wildman–Crippen MR) is 125 cm³/mol. The molecular weight excluding hydrogens is 532 g/mol. The van der Waals surface area contributed by atoms with E-state index in [0.717, 1.165) is 46.9 Å². The van der Waals surface area contributed by atoms with Crippen LogP contribution < -0.4 is 10.1 Å². The van der Waals surface area contributed by atoms with Crippen LogP contribution in [0, 0.1) is 6.92 Å². The van der Waals surface area contributed by atoms with Gasteiger partial charge in [-0.25, -0.2) is 4.98 Å². The van der Waals surface area contributed by atoms with Crippen molar-refractivity contribution in [2.75, 3.05) is 12.4 Å². The Hall–Kier alpha value is -2.23. The van der Waals surface area contributed by atoms with Gasteiger partial charge in [-0.2, -0.15) is 9.78 Å². The molecular formula is C21H16Br2N4O2S. The number of carbonyl (C=O) groups excluding carboxylic acids is 1. The van der Waals surface area contributed by atoms with E-state index in [2.05, 4.69) is 37.2 Å². The van der Waals surface area contributed by atoms with Crippen LogP contribution in [0.1, 0.15) is 29.2 Å². The van der Waals surface area contributed by atoms with Gasteiger partial charge in [-0.15, -0.1) is 0 Å². The largest absolute Gasteiger partial charge is 0.496 e. The lowest BCUT2D eigenvalue weighted by Crippen LogP contribution is -2.25. The Morgan fingerprint density at radius 1 is 1.23 bits per heavy atom. The number of thiazole rings is 1. The topological polar surface area (TPSA) is 69.0 Å². The molecule has 1 aliphatic heterocycles. The summed E-state index contributed by atoms with van der Waals surface area (Å²) in [4.78, 5) is 17.3. The monoisotopic (exact) mass is 546 g/mol. The molecule has 1 aliphatic rings. The molecule has 0 fully saturated rings. The molecule has 9 heteroatoms. The van der Waals surface area contributed by atoms with Crippen molar-refractivity contribution in [1.82, 2.24) is 14.8 Å². The molecule has 0 spiro atoms. The summed E-state index contributed by atoms with van der Waals surface area (Å²) < 4.78 is 10.0. The molecule has 2 aromatic heterocycles. The molecule has 0 radical (unpaired) electrons. The lowest BCUT2D eigenvalue weighted by Gasteiger charge is -2.24. The number of hydrogen-bond donors (Lipinski definition) is 1. The Morgan fingerprint density at radius 2 is 2.07 bits per heavy atom. The second-order valence-corrected chi connectivity index (χ2v) is 9.85. The van der Waals surface area contributed by atoms with E-state index in [9.17, 15) is 4.79 Å². The molecule has 0 bridgehead atoms. The van der Waals surface area contributed by atoms with Crippen molar-refractivity contribution in [2.24, 2.45) is 0 Å². The van der Waals surface area contributed by atoms with Gasteiger partial charge in [0.15, 0.2) is 0 Å². The summed E-state index contributed by atoms with van der Waals surface area (Å²) in [6.45, 7) is 1.97. The molecule has 2 aromatic carbocycles. The summed E-state index contributed by atoms with van der Waals surface area (Å²) in [5, 5.41) is 8.50. The van der Waals surface area contributed by atoms with Gasteiger partial charge in [0, 0.05) is 22.4 Å². The number of nitrogens with zero attached hydrogens (tertiary/aromatic N) is 3. The standard InChI is InChI=1S/C21H16Br2N4O2S/c1-10-19-13(11-3-6-16(29-2)14(23)7-11)9-18(28)25-20(19)27(26-10)21-24-15-5-4-12(22)8-17(15)30-21/h3-8,13H,9H2,1-2H3,(H,25,28)/t13-/m1/s1. The summed E-state index contributed by atoms with van der Waals surface area (Å²) in [5.41, 5.74) is 3.84. The molecule has 152 valence electrons. The van der Waals surface area contributed by atoms with E-state index in [1.807, 2.05) is 43.3 Å². The fourth-order valence-corrected chi connectivity index (χ4v) is 5.88. The van der Waals surface area contributed by atoms with Gasteiger partial charge < -0.3 is 10.1 Å². The summed E-state index contributed by atoms with van der Waals surface area (Å²) in [6, 6.07) is 11.9. The number of amides is 1. The van der Waals surface area contributed by atoms with E-state index >= 15 is 0 Å². The number of benzene rings is 2. The third-order valence-corrected chi connectivity index (χ3v) is 7.31. The third-order valence-electron chi connectivity index (χ3n) is 5.20. The molecule has 4 aromatic rings. The number of anilines is 1. The first-order chi connectivity index (χ1) is 14.4. The summed E-state index contributed by atoms with van der Waals surface area (Å²) >= 11 is 8.60. The molecule has 0 saturated heterocycles. The number of carbonyl (C=O) groups is 1. The summed E-state index contributed by atoms with van der Waals surface area (Å²) in [5.74, 6) is 1.32. The smallest absolute Gasteiger partial charge is 0.226 e. The van der Waals surface area contributed by atoms with Crippen molar-refractivity contribution < 1.29 is 9.53 Å². The van der Waals surface area contributed by atoms with E-state index < -0.39 is 0 Å². The fraction of sp³-hybridized carbons (Fsp3) is 0.190. The van der Waals surface area contributed by atoms with Crippen LogP contribution in [-0.4, -0.2) is 27.8 Å². The zero-order chi connectivity index (χ0) is 21.0. The second-order valence-electron chi connectivity index (χ2n) is 7.07. The van der Waals surface area contributed by atoms with Crippen LogP contribution in [0.5, 0.6) is 5.75 Å². The fourth-order valence-electron chi connectivity index (χ4n) is 3.85. The normalized spacial score (nSPS) is 15.9. The molecule has 5 rings (SSSR count). The van der Waals surface area contributed by atoms with Gasteiger partial charge in [0.2, 0.25) is 11.0 Å². The lowest BCUT2D eigenvalue weighted by atomic mass is 9.86.